The number of nitrogens with one attached hydrogen (secondary N) is 1. The molecule has 3 N–H and O–H groups in total. The summed E-state index contributed by atoms with van der Waals surface area (Å²) in [6.07, 6.45) is 0.930. The molecule has 2 aromatic carbocycles. The quantitative estimate of drug-likeness (QED) is 0.629. The molecule has 0 bridgehead atoms. The number of hydrogen-bond acceptors (Lipinski definition) is 3. The molecule has 0 saturated carbocycles. The second-order valence-electron chi connectivity index (χ2n) is 6.30. The Hall–Kier alpha value is -1.52. The summed E-state index contributed by atoms with van der Waals surface area (Å²) in [6, 6.07) is 12.4. The van der Waals surface area contributed by atoms with Crippen molar-refractivity contribution in [1.29, 1.82) is 0 Å². The number of benzene rings is 2. The maximum atomic E-state index is 9.91. The van der Waals surface area contributed by atoms with Gasteiger partial charge < -0.3 is 15.5 Å². The molecule has 3 nitrogen and oxygen atoms in total. The fourth-order valence-electron chi connectivity index (χ4n) is 4.00. The summed E-state index contributed by atoms with van der Waals surface area (Å²) in [5.74, 6) is 0.710. The van der Waals surface area contributed by atoms with Gasteiger partial charge in [0.15, 0.2) is 11.5 Å². The lowest BCUT2D eigenvalue weighted by molar-refractivity contribution is 0.303. The van der Waals surface area contributed by atoms with Crippen LogP contribution in [0, 0.1) is 5.92 Å². The number of rotatable bonds is 0. The largest absolute Gasteiger partial charge is 0.504 e. The Balaban J connectivity index is 0.00000144. The number of phenolic OH excluding ortho intramolecular Hbond substituents is 2. The van der Waals surface area contributed by atoms with Crippen molar-refractivity contribution in [3.8, 4) is 11.5 Å². The van der Waals surface area contributed by atoms with E-state index in [0.717, 1.165) is 24.1 Å². The first kappa shape index (κ1) is 15.4. The summed E-state index contributed by atoms with van der Waals surface area (Å²) in [4.78, 5) is 0. The van der Waals surface area contributed by atoms with E-state index in [2.05, 4.69) is 36.5 Å². The molecule has 22 heavy (non-hydrogen) atoms. The zero-order chi connectivity index (χ0) is 14.6. The van der Waals surface area contributed by atoms with Crippen LogP contribution in [-0.4, -0.2) is 16.3 Å². The first-order valence-electron chi connectivity index (χ1n) is 7.51. The molecule has 2 aliphatic rings. The molecule has 0 radical (unpaired) electrons. The van der Waals surface area contributed by atoms with Crippen molar-refractivity contribution in [3.05, 3.63) is 58.7 Å². The van der Waals surface area contributed by atoms with Gasteiger partial charge in [-0.1, -0.05) is 31.2 Å². The molecule has 0 amide bonds. The number of fused-ring (bicyclic) bond motifs is 5. The minimum absolute atomic E-state index is 0. The van der Waals surface area contributed by atoms with Gasteiger partial charge in [0.1, 0.15) is 0 Å². The van der Waals surface area contributed by atoms with Crippen LogP contribution in [0.5, 0.6) is 11.5 Å². The summed E-state index contributed by atoms with van der Waals surface area (Å²) in [7, 11) is 0. The van der Waals surface area contributed by atoms with Crippen LogP contribution in [-0.2, 0) is 13.0 Å². The third kappa shape index (κ3) is 2.22. The van der Waals surface area contributed by atoms with Crippen LogP contribution >= 0.6 is 17.0 Å². The number of aromatic hydroxyl groups is 2. The van der Waals surface area contributed by atoms with Crippen LogP contribution in [0.25, 0.3) is 0 Å². The van der Waals surface area contributed by atoms with Crippen molar-refractivity contribution in [2.24, 2.45) is 5.92 Å². The van der Waals surface area contributed by atoms with E-state index in [0.29, 0.717) is 12.0 Å². The van der Waals surface area contributed by atoms with Crippen LogP contribution in [0.3, 0.4) is 0 Å². The summed E-state index contributed by atoms with van der Waals surface area (Å²) in [6.45, 7) is 3.16. The van der Waals surface area contributed by atoms with E-state index < -0.39 is 0 Å². The van der Waals surface area contributed by atoms with Gasteiger partial charge in [-0.25, -0.2) is 0 Å². The Kier molecular flexibility index (Phi) is 3.91. The molecular weight excluding hydrogens is 342 g/mol. The summed E-state index contributed by atoms with van der Waals surface area (Å²) in [5, 5.41) is 23.4. The molecule has 0 saturated heterocycles. The average Bonchev–Trinajstić information content (AvgIpc) is 2.49. The van der Waals surface area contributed by atoms with Gasteiger partial charge in [-0.15, -0.1) is 17.0 Å². The van der Waals surface area contributed by atoms with E-state index in [1.165, 1.54) is 11.1 Å². The highest BCUT2D eigenvalue weighted by molar-refractivity contribution is 8.93. The maximum Gasteiger partial charge on any atom is 0.157 e. The number of phenols is 2. The zero-order valence-corrected chi connectivity index (χ0v) is 14.1. The van der Waals surface area contributed by atoms with Gasteiger partial charge in [-0.05, 0) is 46.7 Å². The first-order valence-corrected chi connectivity index (χ1v) is 7.51. The third-order valence-electron chi connectivity index (χ3n) is 5.00. The topological polar surface area (TPSA) is 52.5 Å². The van der Waals surface area contributed by atoms with Crippen molar-refractivity contribution in [3.63, 3.8) is 0 Å². The molecule has 1 aliphatic heterocycles. The molecule has 0 fully saturated rings. The lowest BCUT2D eigenvalue weighted by Crippen LogP contribution is -2.47. The highest BCUT2D eigenvalue weighted by Gasteiger charge is 2.39. The lowest BCUT2D eigenvalue weighted by atomic mass is 9.68. The van der Waals surface area contributed by atoms with Gasteiger partial charge in [0.2, 0.25) is 0 Å². The minimum atomic E-state index is -0.0230. The number of halogens is 1. The Morgan fingerprint density at radius 3 is 2.55 bits per heavy atom. The molecule has 0 unspecified atom stereocenters. The van der Waals surface area contributed by atoms with Crippen molar-refractivity contribution in [2.75, 3.05) is 0 Å². The van der Waals surface area contributed by atoms with E-state index in [9.17, 15) is 10.2 Å². The van der Waals surface area contributed by atoms with Crippen LogP contribution in [0.2, 0.25) is 0 Å². The maximum absolute atomic E-state index is 9.91. The fourth-order valence-corrected chi connectivity index (χ4v) is 4.00. The monoisotopic (exact) mass is 361 g/mol. The molecule has 0 aromatic heterocycles. The lowest BCUT2D eigenvalue weighted by Gasteiger charge is -2.43. The SMILES string of the molecule is Br.C[C@H]1Cc2cc(O)c(O)cc2[C@H]2c3ccccc3CN[C@@H]21. The second-order valence-corrected chi connectivity index (χ2v) is 6.30. The van der Waals surface area contributed by atoms with E-state index in [1.54, 1.807) is 12.1 Å². The van der Waals surface area contributed by atoms with Gasteiger partial charge >= 0.3 is 0 Å². The van der Waals surface area contributed by atoms with Crippen molar-refractivity contribution in [2.45, 2.75) is 31.8 Å². The predicted octanol–water partition coefficient (Wildman–Crippen LogP) is 3.47. The van der Waals surface area contributed by atoms with Crippen molar-refractivity contribution in [1.82, 2.24) is 5.32 Å². The van der Waals surface area contributed by atoms with E-state index in [4.69, 9.17) is 0 Å². The molecule has 4 rings (SSSR count). The Morgan fingerprint density at radius 2 is 1.73 bits per heavy atom. The summed E-state index contributed by atoms with van der Waals surface area (Å²) < 4.78 is 0. The molecule has 1 heterocycles. The summed E-state index contributed by atoms with van der Waals surface area (Å²) >= 11 is 0. The van der Waals surface area contributed by atoms with Gasteiger partial charge in [0.25, 0.3) is 0 Å². The third-order valence-corrected chi connectivity index (χ3v) is 5.00. The average molecular weight is 362 g/mol. The van der Waals surface area contributed by atoms with Crippen LogP contribution < -0.4 is 5.32 Å². The Morgan fingerprint density at radius 1 is 1.00 bits per heavy atom. The minimum Gasteiger partial charge on any atom is -0.504 e. The Labute approximate surface area is 140 Å². The van der Waals surface area contributed by atoms with Gasteiger partial charge in [0, 0.05) is 18.5 Å². The smallest absolute Gasteiger partial charge is 0.157 e. The highest BCUT2D eigenvalue weighted by atomic mass is 79.9. The molecular formula is C18H20BrNO2. The highest BCUT2D eigenvalue weighted by Crippen LogP contribution is 2.45. The van der Waals surface area contributed by atoms with Crippen molar-refractivity contribution < 1.29 is 10.2 Å². The molecule has 0 spiro atoms. The predicted molar refractivity (Wildman–Crippen MR) is 91.9 cm³/mol. The van der Waals surface area contributed by atoms with Crippen molar-refractivity contribution >= 4 is 17.0 Å². The fraction of sp³-hybridized carbons (Fsp3) is 0.333. The second kappa shape index (κ2) is 5.60. The molecule has 4 heteroatoms. The van der Waals surface area contributed by atoms with E-state index in [1.807, 2.05) is 0 Å². The molecule has 3 atom stereocenters. The number of hydrogen-bond donors (Lipinski definition) is 3. The summed E-state index contributed by atoms with van der Waals surface area (Å²) in [5.41, 5.74) is 4.97. The van der Waals surface area contributed by atoms with Gasteiger partial charge in [0.05, 0.1) is 0 Å². The first-order chi connectivity index (χ1) is 10.1. The van der Waals surface area contributed by atoms with Crippen LogP contribution in [0.1, 0.15) is 35.1 Å². The van der Waals surface area contributed by atoms with E-state index >= 15 is 0 Å². The zero-order valence-electron chi connectivity index (χ0n) is 12.4. The van der Waals surface area contributed by atoms with Gasteiger partial charge in [-0.3, -0.25) is 0 Å². The normalized spacial score (nSPS) is 25.4. The van der Waals surface area contributed by atoms with Gasteiger partial charge in [-0.2, -0.15) is 0 Å². The van der Waals surface area contributed by atoms with E-state index in [-0.39, 0.29) is 34.4 Å². The van der Waals surface area contributed by atoms with Crippen LogP contribution in [0.15, 0.2) is 36.4 Å². The molecule has 116 valence electrons. The van der Waals surface area contributed by atoms with Crippen LogP contribution in [0.4, 0.5) is 0 Å². The standard InChI is InChI=1S/C18H19NO2.BrH/c1-10-6-12-7-15(20)16(21)8-14(12)17-13-5-3-2-4-11(13)9-19-18(10)17;/h2-5,7-8,10,17-21H,6,9H2,1H3;1H/t10-,17+,18+;/m0./s1. The Bertz CT molecular complexity index is 716. The molecule has 1 aliphatic carbocycles. The molecule has 2 aromatic rings.